The van der Waals surface area contributed by atoms with Crippen molar-refractivity contribution in [1.82, 2.24) is 4.90 Å². The SMILES string of the molecule is CCOc1ccc(N2CC(C(=O)N3CCC(C(=O)Nc4ccc5c(c4)OCO5)CC3)CC2=O)cc1. The second-order valence-corrected chi connectivity index (χ2v) is 8.99. The van der Waals surface area contributed by atoms with Gasteiger partial charge in [0, 0.05) is 49.4 Å². The van der Waals surface area contributed by atoms with Crippen molar-refractivity contribution < 1.29 is 28.6 Å². The number of benzene rings is 2. The van der Waals surface area contributed by atoms with Crippen LogP contribution in [0.4, 0.5) is 11.4 Å². The maximum atomic E-state index is 13.1. The lowest BCUT2D eigenvalue weighted by atomic mass is 9.94. The molecule has 0 aromatic heterocycles. The molecule has 3 aliphatic rings. The molecule has 1 unspecified atom stereocenters. The van der Waals surface area contributed by atoms with Crippen LogP contribution in [0.1, 0.15) is 26.2 Å². The highest BCUT2D eigenvalue weighted by Crippen LogP contribution is 2.35. The minimum absolute atomic E-state index is 0.0126. The molecule has 35 heavy (non-hydrogen) atoms. The molecule has 0 bridgehead atoms. The summed E-state index contributed by atoms with van der Waals surface area (Å²) < 4.78 is 16.1. The Morgan fingerprint density at radius 2 is 1.77 bits per heavy atom. The third-order valence-corrected chi connectivity index (χ3v) is 6.75. The van der Waals surface area contributed by atoms with Gasteiger partial charge in [-0.1, -0.05) is 0 Å². The molecule has 9 nitrogen and oxygen atoms in total. The average Bonchev–Trinajstić information content (AvgIpc) is 3.50. The first-order valence-corrected chi connectivity index (χ1v) is 12.0. The molecular weight excluding hydrogens is 450 g/mol. The molecule has 2 fully saturated rings. The van der Waals surface area contributed by atoms with Gasteiger partial charge in [-0.3, -0.25) is 14.4 Å². The van der Waals surface area contributed by atoms with E-state index < -0.39 is 0 Å². The van der Waals surface area contributed by atoms with Gasteiger partial charge in [-0.15, -0.1) is 0 Å². The number of anilines is 2. The van der Waals surface area contributed by atoms with Crippen molar-refractivity contribution in [3.05, 3.63) is 42.5 Å². The van der Waals surface area contributed by atoms with Gasteiger partial charge in [-0.2, -0.15) is 0 Å². The Balaban J connectivity index is 1.13. The van der Waals surface area contributed by atoms with E-state index in [1.54, 1.807) is 28.0 Å². The quantitative estimate of drug-likeness (QED) is 0.684. The molecule has 1 atom stereocenters. The fourth-order valence-corrected chi connectivity index (χ4v) is 4.85. The number of hydrogen-bond acceptors (Lipinski definition) is 6. The third kappa shape index (κ3) is 4.89. The molecule has 3 aliphatic heterocycles. The Labute approximate surface area is 203 Å². The van der Waals surface area contributed by atoms with E-state index in [0.29, 0.717) is 56.3 Å². The molecule has 3 amide bonds. The summed E-state index contributed by atoms with van der Waals surface area (Å²) >= 11 is 0. The number of carbonyl (C=O) groups is 3. The van der Waals surface area contributed by atoms with E-state index in [1.165, 1.54) is 0 Å². The summed E-state index contributed by atoms with van der Waals surface area (Å²) in [5.41, 5.74) is 1.43. The number of nitrogens with zero attached hydrogens (tertiary/aromatic N) is 2. The smallest absolute Gasteiger partial charge is 0.231 e. The number of fused-ring (bicyclic) bond motifs is 1. The fraction of sp³-hybridized carbons (Fsp3) is 0.423. The summed E-state index contributed by atoms with van der Waals surface area (Å²) in [6.07, 6.45) is 1.38. The molecule has 0 radical (unpaired) electrons. The third-order valence-electron chi connectivity index (χ3n) is 6.75. The minimum atomic E-state index is -0.368. The Bertz CT molecular complexity index is 1110. The van der Waals surface area contributed by atoms with Crippen molar-refractivity contribution in [3.8, 4) is 17.2 Å². The molecule has 0 spiro atoms. The number of hydrogen-bond donors (Lipinski definition) is 1. The lowest BCUT2D eigenvalue weighted by Crippen LogP contribution is -2.44. The second kappa shape index (κ2) is 9.85. The predicted molar refractivity (Wildman–Crippen MR) is 129 cm³/mol. The fourth-order valence-electron chi connectivity index (χ4n) is 4.85. The Kier molecular flexibility index (Phi) is 6.48. The zero-order chi connectivity index (χ0) is 24.4. The number of likely N-dealkylation sites (tertiary alicyclic amines) is 1. The van der Waals surface area contributed by atoms with Gasteiger partial charge in [0.2, 0.25) is 24.5 Å². The zero-order valence-electron chi connectivity index (χ0n) is 19.7. The van der Waals surface area contributed by atoms with E-state index >= 15 is 0 Å². The van der Waals surface area contributed by atoms with Crippen LogP contribution >= 0.6 is 0 Å². The number of piperidine rings is 1. The van der Waals surface area contributed by atoms with Crippen LogP contribution in [-0.4, -0.2) is 55.7 Å². The number of ether oxygens (including phenoxy) is 3. The van der Waals surface area contributed by atoms with Gasteiger partial charge in [0.1, 0.15) is 5.75 Å². The summed E-state index contributed by atoms with van der Waals surface area (Å²) in [7, 11) is 0. The minimum Gasteiger partial charge on any atom is -0.494 e. The summed E-state index contributed by atoms with van der Waals surface area (Å²) in [6, 6.07) is 12.7. The van der Waals surface area contributed by atoms with Gasteiger partial charge in [0.15, 0.2) is 11.5 Å². The van der Waals surface area contributed by atoms with E-state index in [9.17, 15) is 14.4 Å². The predicted octanol–water partition coefficient (Wildman–Crippen LogP) is 3.04. The topological polar surface area (TPSA) is 97.4 Å². The lowest BCUT2D eigenvalue weighted by Gasteiger charge is -2.33. The van der Waals surface area contributed by atoms with Crippen LogP contribution in [0.15, 0.2) is 42.5 Å². The normalized spacial score (nSPS) is 19.7. The van der Waals surface area contributed by atoms with E-state index in [1.807, 2.05) is 31.2 Å². The number of amides is 3. The van der Waals surface area contributed by atoms with Crippen molar-refractivity contribution >= 4 is 29.1 Å². The summed E-state index contributed by atoms with van der Waals surface area (Å²) in [4.78, 5) is 42.0. The first-order valence-electron chi connectivity index (χ1n) is 12.0. The van der Waals surface area contributed by atoms with E-state index in [-0.39, 0.29) is 42.8 Å². The molecule has 2 aromatic rings. The number of rotatable bonds is 6. The van der Waals surface area contributed by atoms with Crippen LogP contribution in [0.3, 0.4) is 0 Å². The molecule has 9 heteroatoms. The highest BCUT2D eigenvalue weighted by molar-refractivity contribution is 6.00. The van der Waals surface area contributed by atoms with Gasteiger partial charge < -0.3 is 29.3 Å². The summed E-state index contributed by atoms with van der Waals surface area (Å²) in [5.74, 6) is 1.37. The largest absolute Gasteiger partial charge is 0.494 e. The van der Waals surface area contributed by atoms with Gasteiger partial charge in [0.05, 0.1) is 12.5 Å². The molecule has 3 heterocycles. The average molecular weight is 480 g/mol. The van der Waals surface area contributed by atoms with Crippen LogP contribution in [0.25, 0.3) is 0 Å². The second-order valence-electron chi connectivity index (χ2n) is 8.99. The van der Waals surface area contributed by atoms with Crippen LogP contribution in [0.2, 0.25) is 0 Å². The molecule has 2 saturated heterocycles. The molecule has 0 aliphatic carbocycles. The van der Waals surface area contributed by atoms with Crippen molar-refractivity contribution in [3.63, 3.8) is 0 Å². The van der Waals surface area contributed by atoms with Gasteiger partial charge >= 0.3 is 0 Å². The van der Waals surface area contributed by atoms with E-state index in [4.69, 9.17) is 14.2 Å². The maximum Gasteiger partial charge on any atom is 0.231 e. The van der Waals surface area contributed by atoms with Crippen molar-refractivity contribution in [2.24, 2.45) is 11.8 Å². The van der Waals surface area contributed by atoms with Gasteiger partial charge in [0.25, 0.3) is 0 Å². The Morgan fingerprint density at radius 1 is 1.03 bits per heavy atom. The van der Waals surface area contributed by atoms with Gasteiger partial charge in [-0.25, -0.2) is 0 Å². The van der Waals surface area contributed by atoms with Crippen LogP contribution in [-0.2, 0) is 14.4 Å². The van der Waals surface area contributed by atoms with Crippen molar-refractivity contribution in [1.29, 1.82) is 0 Å². The first-order chi connectivity index (χ1) is 17.0. The number of nitrogens with one attached hydrogen (secondary N) is 1. The summed E-state index contributed by atoms with van der Waals surface area (Å²) in [5, 5.41) is 2.94. The monoisotopic (exact) mass is 479 g/mol. The molecule has 1 N–H and O–H groups in total. The van der Waals surface area contributed by atoms with Crippen LogP contribution in [0.5, 0.6) is 17.2 Å². The van der Waals surface area contributed by atoms with Crippen LogP contribution < -0.4 is 24.4 Å². The first kappa shape index (κ1) is 23.0. The maximum absolute atomic E-state index is 13.1. The van der Waals surface area contributed by atoms with Crippen molar-refractivity contribution in [2.75, 3.05) is 43.3 Å². The highest BCUT2D eigenvalue weighted by atomic mass is 16.7. The highest BCUT2D eigenvalue weighted by Gasteiger charge is 2.38. The Hall–Kier alpha value is -3.75. The standard InChI is InChI=1S/C26H29N3O6/c1-2-33-21-6-4-20(5-7-21)29-15-18(13-24(29)30)26(32)28-11-9-17(10-12-28)25(31)27-19-3-8-22-23(14-19)35-16-34-22/h3-8,14,17-18H,2,9-13,15-16H2,1H3,(H,27,31). The van der Waals surface area contributed by atoms with E-state index in [2.05, 4.69) is 5.32 Å². The van der Waals surface area contributed by atoms with Crippen LogP contribution in [0, 0.1) is 11.8 Å². The van der Waals surface area contributed by atoms with Crippen molar-refractivity contribution in [2.45, 2.75) is 26.2 Å². The Morgan fingerprint density at radius 3 is 2.51 bits per heavy atom. The van der Waals surface area contributed by atoms with Gasteiger partial charge in [-0.05, 0) is 56.2 Å². The summed E-state index contributed by atoms with van der Waals surface area (Å²) in [6.45, 7) is 4.07. The molecule has 2 aromatic carbocycles. The molecular formula is C26H29N3O6. The molecule has 0 saturated carbocycles. The van der Waals surface area contributed by atoms with E-state index in [0.717, 1.165) is 11.4 Å². The molecule has 184 valence electrons. The number of carbonyl (C=O) groups excluding carboxylic acids is 3. The lowest BCUT2D eigenvalue weighted by molar-refractivity contribution is -0.138. The molecule has 5 rings (SSSR count). The zero-order valence-corrected chi connectivity index (χ0v) is 19.7.